The second kappa shape index (κ2) is 7.35. The van der Waals surface area contributed by atoms with E-state index in [1.807, 2.05) is 0 Å². The van der Waals surface area contributed by atoms with E-state index in [9.17, 15) is 14.0 Å². The Morgan fingerprint density at radius 1 is 1.27 bits per heavy atom. The Kier molecular flexibility index (Phi) is 5.24. The average Bonchev–Trinajstić information content (AvgIpc) is 2.53. The maximum absolute atomic E-state index is 12.7. The summed E-state index contributed by atoms with van der Waals surface area (Å²) in [6, 6.07) is 8.30. The average molecular weight is 305 g/mol. The van der Waals surface area contributed by atoms with Crippen LogP contribution in [0.1, 0.15) is 17.4 Å². The largest absolute Gasteiger partial charge is 0.492 e. The SMILES string of the molecule is CCn1nc(C(=O)NCCOc2ccc(F)cc2)ccc1=O. The number of hydrogen-bond acceptors (Lipinski definition) is 4. The van der Waals surface area contributed by atoms with Crippen molar-refractivity contribution in [2.75, 3.05) is 13.2 Å². The third-order valence-corrected chi connectivity index (χ3v) is 2.87. The molecule has 2 rings (SSSR count). The summed E-state index contributed by atoms with van der Waals surface area (Å²) in [4.78, 5) is 23.3. The molecule has 0 aliphatic heterocycles. The predicted molar refractivity (Wildman–Crippen MR) is 78.4 cm³/mol. The monoisotopic (exact) mass is 305 g/mol. The van der Waals surface area contributed by atoms with Gasteiger partial charge in [-0.05, 0) is 37.3 Å². The van der Waals surface area contributed by atoms with E-state index in [1.165, 1.54) is 41.1 Å². The van der Waals surface area contributed by atoms with Crippen LogP contribution < -0.4 is 15.6 Å². The van der Waals surface area contributed by atoms with Gasteiger partial charge in [0.25, 0.3) is 11.5 Å². The molecule has 0 spiro atoms. The van der Waals surface area contributed by atoms with Gasteiger partial charge >= 0.3 is 0 Å². The molecule has 0 radical (unpaired) electrons. The number of aryl methyl sites for hydroxylation is 1. The lowest BCUT2D eigenvalue weighted by atomic mass is 10.3. The molecule has 0 atom stereocenters. The van der Waals surface area contributed by atoms with Crippen LogP contribution >= 0.6 is 0 Å². The normalized spacial score (nSPS) is 10.3. The molecule has 0 unspecified atom stereocenters. The molecule has 0 fully saturated rings. The van der Waals surface area contributed by atoms with Gasteiger partial charge in [0.1, 0.15) is 23.9 Å². The lowest BCUT2D eigenvalue weighted by Crippen LogP contribution is -2.31. The van der Waals surface area contributed by atoms with Gasteiger partial charge in [-0.15, -0.1) is 0 Å². The molecule has 1 aromatic heterocycles. The van der Waals surface area contributed by atoms with Crippen molar-refractivity contribution in [3.8, 4) is 5.75 Å². The number of nitrogens with zero attached hydrogens (tertiary/aromatic N) is 2. The van der Waals surface area contributed by atoms with Crippen molar-refractivity contribution in [1.82, 2.24) is 15.1 Å². The minimum atomic E-state index is -0.384. The van der Waals surface area contributed by atoms with E-state index >= 15 is 0 Å². The second-order valence-electron chi connectivity index (χ2n) is 4.43. The summed E-state index contributed by atoms with van der Waals surface area (Å²) >= 11 is 0. The van der Waals surface area contributed by atoms with Crippen LogP contribution in [0.4, 0.5) is 4.39 Å². The molecule has 6 nitrogen and oxygen atoms in total. The molecule has 2 aromatic rings. The summed E-state index contributed by atoms with van der Waals surface area (Å²) in [6.45, 7) is 2.67. The maximum Gasteiger partial charge on any atom is 0.271 e. The van der Waals surface area contributed by atoms with Crippen LogP contribution in [0.5, 0.6) is 5.75 Å². The number of carbonyl (C=O) groups excluding carboxylic acids is 1. The van der Waals surface area contributed by atoms with Crippen LogP contribution in [0.15, 0.2) is 41.2 Å². The molecule has 1 N–H and O–H groups in total. The van der Waals surface area contributed by atoms with Crippen molar-refractivity contribution in [3.63, 3.8) is 0 Å². The Balaban J connectivity index is 1.82. The van der Waals surface area contributed by atoms with E-state index in [-0.39, 0.29) is 36.1 Å². The first-order chi connectivity index (χ1) is 10.6. The topological polar surface area (TPSA) is 73.2 Å². The highest BCUT2D eigenvalue weighted by Gasteiger charge is 2.08. The van der Waals surface area contributed by atoms with Crippen molar-refractivity contribution >= 4 is 5.91 Å². The van der Waals surface area contributed by atoms with E-state index < -0.39 is 0 Å². The highest BCUT2D eigenvalue weighted by Crippen LogP contribution is 2.10. The van der Waals surface area contributed by atoms with Gasteiger partial charge < -0.3 is 10.1 Å². The van der Waals surface area contributed by atoms with Crippen LogP contribution in [-0.4, -0.2) is 28.8 Å². The Morgan fingerprint density at radius 3 is 2.68 bits per heavy atom. The zero-order chi connectivity index (χ0) is 15.9. The Labute approximate surface area is 126 Å². The summed E-state index contributed by atoms with van der Waals surface area (Å²) in [5.41, 5.74) is -0.0816. The Bertz CT molecular complexity index is 698. The summed E-state index contributed by atoms with van der Waals surface area (Å²) < 4.78 is 19.3. The van der Waals surface area contributed by atoms with Crippen LogP contribution in [0.25, 0.3) is 0 Å². The molecule has 0 aliphatic carbocycles. The molecule has 1 aromatic carbocycles. The maximum atomic E-state index is 12.7. The van der Waals surface area contributed by atoms with Gasteiger partial charge in [-0.1, -0.05) is 0 Å². The van der Waals surface area contributed by atoms with Crippen LogP contribution in [0.3, 0.4) is 0 Å². The van der Waals surface area contributed by atoms with Crippen molar-refractivity contribution in [1.29, 1.82) is 0 Å². The zero-order valence-corrected chi connectivity index (χ0v) is 12.1. The molecule has 1 amide bonds. The molecule has 0 saturated heterocycles. The first-order valence-electron chi connectivity index (χ1n) is 6.85. The fourth-order valence-electron chi connectivity index (χ4n) is 1.75. The molecule has 22 heavy (non-hydrogen) atoms. The van der Waals surface area contributed by atoms with Gasteiger partial charge in [0.15, 0.2) is 0 Å². The summed E-state index contributed by atoms with van der Waals surface area (Å²) in [5.74, 6) is -0.198. The third-order valence-electron chi connectivity index (χ3n) is 2.87. The number of carbonyl (C=O) groups is 1. The number of rotatable bonds is 6. The number of halogens is 1. The molecule has 0 saturated carbocycles. The Morgan fingerprint density at radius 2 is 2.00 bits per heavy atom. The molecule has 116 valence electrons. The van der Waals surface area contributed by atoms with Crippen LogP contribution in [0, 0.1) is 5.82 Å². The van der Waals surface area contributed by atoms with Crippen LogP contribution in [-0.2, 0) is 6.54 Å². The molecule has 0 bridgehead atoms. The number of nitrogens with one attached hydrogen (secondary N) is 1. The molecule has 0 aliphatic rings. The summed E-state index contributed by atoms with van der Waals surface area (Å²) in [5, 5.41) is 6.58. The number of aromatic nitrogens is 2. The van der Waals surface area contributed by atoms with Crippen molar-refractivity contribution < 1.29 is 13.9 Å². The lowest BCUT2D eigenvalue weighted by molar-refractivity contribution is 0.0939. The highest BCUT2D eigenvalue weighted by atomic mass is 19.1. The number of amides is 1. The predicted octanol–water partition coefficient (Wildman–Crippen LogP) is 1.21. The van der Waals surface area contributed by atoms with Crippen molar-refractivity contribution in [2.24, 2.45) is 0 Å². The molecular weight excluding hydrogens is 289 g/mol. The first kappa shape index (κ1) is 15.7. The van der Waals surface area contributed by atoms with E-state index in [2.05, 4.69) is 10.4 Å². The van der Waals surface area contributed by atoms with Crippen molar-refractivity contribution in [3.05, 3.63) is 58.3 Å². The minimum absolute atomic E-state index is 0.170. The van der Waals surface area contributed by atoms with Gasteiger partial charge in [-0.25, -0.2) is 9.07 Å². The minimum Gasteiger partial charge on any atom is -0.492 e. The van der Waals surface area contributed by atoms with Gasteiger partial charge in [-0.2, -0.15) is 5.10 Å². The first-order valence-corrected chi connectivity index (χ1v) is 6.85. The number of hydrogen-bond donors (Lipinski definition) is 1. The van der Waals surface area contributed by atoms with Crippen LogP contribution in [0.2, 0.25) is 0 Å². The fourth-order valence-corrected chi connectivity index (χ4v) is 1.75. The second-order valence-corrected chi connectivity index (χ2v) is 4.43. The van der Waals surface area contributed by atoms with Gasteiger partial charge in [0.05, 0.1) is 6.54 Å². The number of ether oxygens (including phenoxy) is 1. The van der Waals surface area contributed by atoms with E-state index in [4.69, 9.17) is 4.74 Å². The summed E-state index contributed by atoms with van der Waals surface area (Å²) in [7, 11) is 0. The highest BCUT2D eigenvalue weighted by molar-refractivity contribution is 5.91. The van der Waals surface area contributed by atoms with E-state index in [1.54, 1.807) is 6.92 Å². The van der Waals surface area contributed by atoms with E-state index in [0.29, 0.717) is 12.3 Å². The van der Waals surface area contributed by atoms with Gasteiger partial charge in [-0.3, -0.25) is 9.59 Å². The van der Waals surface area contributed by atoms with Gasteiger partial charge in [0.2, 0.25) is 0 Å². The molecular formula is C15H16FN3O3. The quantitative estimate of drug-likeness (QED) is 0.814. The zero-order valence-electron chi connectivity index (χ0n) is 12.1. The Hall–Kier alpha value is -2.70. The smallest absolute Gasteiger partial charge is 0.271 e. The fraction of sp³-hybridized carbons (Fsp3) is 0.267. The lowest BCUT2D eigenvalue weighted by Gasteiger charge is -2.08. The number of benzene rings is 1. The molecule has 7 heteroatoms. The van der Waals surface area contributed by atoms with Gasteiger partial charge in [0, 0.05) is 12.6 Å². The third kappa shape index (κ3) is 4.15. The van der Waals surface area contributed by atoms with Crippen molar-refractivity contribution in [2.45, 2.75) is 13.5 Å². The summed E-state index contributed by atoms with van der Waals surface area (Å²) in [6.07, 6.45) is 0. The standard InChI is InChI=1S/C15H16FN3O3/c1-2-19-14(20)8-7-13(18-19)15(21)17-9-10-22-12-5-3-11(16)4-6-12/h3-8H,2,9-10H2,1H3,(H,17,21). The van der Waals surface area contributed by atoms with E-state index in [0.717, 1.165) is 0 Å². The molecule has 1 heterocycles.